The second-order valence-electron chi connectivity index (χ2n) is 6.23. The number of aliphatic hydroxyl groups excluding tert-OH is 1. The van der Waals surface area contributed by atoms with Crippen LogP contribution in [0.5, 0.6) is 0 Å². The predicted octanol–water partition coefficient (Wildman–Crippen LogP) is -4.24. The normalized spacial score (nSPS) is 22.9. The third-order valence-electron chi connectivity index (χ3n) is 3.91. The number of aromatic nitrogens is 4. The van der Waals surface area contributed by atoms with Crippen molar-refractivity contribution < 1.29 is 61.4 Å². The van der Waals surface area contributed by atoms with Gasteiger partial charge in [0.1, 0.15) is 18.3 Å². The SMILES string of the molecule is Nc1nc2c(ncn2[C@@H]2O[C@H](COP(=O)(O)O)[C@@H](OP(=O)(O)OP(=O)(O)O)[C@H]2O)c(=O)[nH]1.[Li].[Li].[Li].[Li].[Li]. The van der Waals surface area contributed by atoms with Crippen molar-refractivity contribution >= 4 is 135 Å². The van der Waals surface area contributed by atoms with Crippen molar-refractivity contribution in [3.05, 3.63) is 16.7 Å². The first kappa shape index (κ1) is 42.9. The van der Waals surface area contributed by atoms with Crippen molar-refractivity contribution in [3.8, 4) is 0 Å². The van der Waals surface area contributed by atoms with Crippen molar-refractivity contribution in [2.24, 2.45) is 0 Å². The molecule has 1 aliphatic rings. The number of phosphoric acid groups is 3. The number of imidazole rings is 1. The molecular weight excluding hydrogens is 542 g/mol. The average Bonchev–Trinajstić information content (AvgIpc) is 3.12. The summed E-state index contributed by atoms with van der Waals surface area (Å²) < 4.78 is 52.7. The monoisotopic (exact) mass is 558 g/mol. The predicted molar refractivity (Wildman–Crippen MR) is 127 cm³/mol. The van der Waals surface area contributed by atoms with Gasteiger partial charge in [-0.1, -0.05) is 0 Å². The third kappa shape index (κ3) is 11.7. The Kier molecular flexibility index (Phi) is 18.7. The molecule has 1 saturated heterocycles. The molecule has 1 fully saturated rings. The number of phosphoric ester groups is 2. The largest absolute Gasteiger partial charge is 0.481 e. The van der Waals surface area contributed by atoms with E-state index in [9.17, 15) is 28.5 Å². The van der Waals surface area contributed by atoms with Gasteiger partial charge in [0.25, 0.3) is 5.56 Å². The maximum absolute atomic E-state index is 11.9. The van der Waals surface area contributed by atoms with E-state index in [1.807, 2.05) is 0 Å². The van der Waals surface area contributed by atoms with Crippen molar-refractivity contribution in [3.63, 3.8) is 0 Å². The van der Waals surface area contributed by atoms with Crippen LogP contribution in [0.3, 0.4) is 0 Å². The molecule has 0 spiro atoms. The summed E-state index contributed by atoms with van der Waals surface area (Å²) in [7, 11) is -16.1. The van der Waals surface area contributed by atoms with Gasteiger partial charge in [-0.2, -0.15) is 9.29 Å². The number of hydrogen-bond donors (Lipinski definition) is 8. The van der Waals surface area contributed by atoms with Crippen molar-refractivity contribution in [1.29, 1.82) is 0 Å². The number of rotatable bonds is 8. The van der Waals surface area contributed by atoms with Crippen LogP contribution < -0.4 is 11.3 Å². The fourth-order valence-corrected chi connectivity index (χ4v) is 4.96. The van der Waals surface area contributed by atoms with Gasteiger partial charge < -0.3 is 40.0 Å². The summed E-state index contributed by atoms with van der Waals surface area (Å²) in [6.07, 6.45) is -6.25. The molecule has 3 rings (SSSR count). The van der Waals surface area contributed by atoms with Gasteiger partial charge in [0.2, 0.25) is 5.95 Å². The molecule has 27 heteroatoms. The molecule has 2 aromatic rings. The average molecular weight is 558 g/mol. The second kappa shape index (κ2) is 16.2. The van der Waals surface area contributed by atoms with Crippen molar-refractivity contribution in [2.75, 3.05) is 12.3 Å². The first-order valence-electron chi connectivity index (χ1n) is 8.10. The van der Waals surface area contributed by atoms with E-state index in [0.717, 1.165) is 10.9 Å². The number of aromatic amines is 1. The van der Waals surface area contributed by atoms with E-state index >= 15 is 0 Å². The first-order chi connectivity index (χ1) is 14.6. The summed E-state index contributed by atoms with van der Waals surface area (Å²) >= 11 is 0. The molecular formula is C10H16Li5N5O14P3. The minimum absolute atomic E-state index is 0. The van der Waals surface area contributed by atoms with E-state index < -0.39 is 60.2 Å². The zero-order chi connectivity index (χ0) is 24.1. The number of H-pyrrole nitrogens is 1. The molecule has 3 heterocycles. The molecule has 1 aliphatic heterocycles. The molecule has 5 radical (unpaired) electrons. The number of hydrogen-bond acceptors (Lipinski definition) is 12. The van der Waals surface area contributed by atoms with Crippen LogP contribution in [0.15, 0.2) is 11.1 Å². The Bertz CT molecular complexity index is 1220. The molecule has 5 atom stereocenters. The molecule has 0 amide bonds. The Morgan fingerprint density at radius 3 is 2.14 bits per heavy atom. The summed E-state index contributed by atoms with van der Waals surface area (Å²) in [5.41, 5.74) is 4.29. The molecule has 37 heavy (non-hydrogen) atoms. The van der Waals surface area contributed by atoms with E-state index in [1.54, 1.807) is 0 Å². The van der Waals surface area contributed by atoms with Crippen LogP contribution in [0, 0.1) is 0 Å². The van der Waals surface area contributed by atoms with Crippen LogP contribution in [-0.2, 0) is 31.8 Å². The summed E-state index contributed by atoms with van der Waals surface area (Å²) in [6, 6.07) is 0. The smallest absolute Gasteiger partial charge is 0.386 e. The first-order valence-corrected chi connectivity index (χ1v) is 12.7. The van der Waals surface area contributed by atoms with Gasteiger partial charge in [0.15, 0.2) is 17.4 Å². The van der Waals surface area contributed by atoms with Gasteiger partial charge in [-0.3, -0.25) is 23.4 Å². The third-order valence-corrected chi connectivity index (χ3v) is 6.58. The van der Waals surface area contributed by atoms with Crippen LogP contribution in [0.25, 0.3) is 11.2 Å². The zero-order valence-electron chi connectivity index (χ0n) is 20.3. The molecule has 0 bridgehead atoms. The fraction of sp³-hybridized carbons (Fsp3) is 0.500. The van der Waals surface area contributed by atoms with Crippen LogP contribution in [0.4, 0.5) is 5.95 Å². The van der Waals surface area contributed by atoms with Crippen molar-refractivity contribution in [1.82, 2.24) is 19.5 Å². The van der Waals surface area contributed by atoms with Crippen LogP contribution in [-0.4, -0.2) is 168 Å². The Hall–Kier alpha value is 1.43. The zero-order valence-corrected chi connectivity index (χ0v) is 23.0. The van der Waals surface area contributed by atoms with E-state index in [2.05, 4.69) is 28.3 Å². The number of nitrogen functional groups attached to an aromatic ring is 1. The maximum Gasteiger partial charge on any atom is 0.481 e. The maximum atomic E-state index is 11.9. The van der Waals surface area contributed by atoms with Gasteiger partial charge in [-0.05, 0) is 0 Å². The van der Waals surface area contributed by atoms with E-state index in [1.165, 1.54) is 0 Å². The number of nitrogens with zero attached hydrogens (tertiary/aromatic N) is 3. The molecule has 0 saturated carbocycles. The topological polar surface area (TPSA) is 299 Å². The van der Waals surface area contributed by atoms with Crippen LogP contribution >= 0.6 is 23.5 Å². The Labute approximate surface area is 267 Å². The summed E-state index contributed by atoms with van der Waals surface area (Å²) in [6.45, 7) is -1.01. The number of ether oxygens (including phenoxy) is 1. The molecule has 19 nitrogen and oxygen atoms in total. The fourth-order valence-electron chi connectivity index (χ4n) is 2.82. The van der Waals surface area contributed by atoms with Gasteiger partial charge in [-0.25, -0.2) is 18.7 Å². The molecule has 0 aliphatic carbocycles. The number of anilines is 1. The van der Waals surface area contributed by atoms with Crippen LogP contribution in [0.2, 0.25) is 0 Å². The van der Waals surface area contributed by atoms with Crippen molar-refractivity contribution in [2.45, 2.75) is 24.5 Å². The molecule has 1 unspecified atom stereocenters. The number of fused-ring (bicyclic) bond motifs is 1. The standard InChI is InChI=1S/C10H16N5O14P3.5Li/c11-10-13-7-4(8(17)14-10)12-2-15(7)9-5(16)6(3(27-9)1-26-30(18,19)20)28-32(24,25)29-31(21,22)23;;;;;/h2-3,5-6,9,16H,1H2,(H,24,25)(H2,18,19,20)(H2,21,22,23)(H3,11,13,14,17);;;;;/t3-,5-,6-,9-;;;;;/m1...../s1. The number of nitrogens with two attached hydrogens (primary N) is 1. The Balaban J connectivity index is -0.00000231. The Morgan fingerprint density at radius 1 is 1.05 bits per heavy atom. The summed E-state index contributed by atoms with van der Waals surface area (Å²) in [4.78, 5) is 66.6. The quantitative estimate of drug-likeness (QED) is 0.112. The molecule has 2 aromatic heterocycles. The summed E-state index contributed by atoms with van der Waals surface area (Å²) in [5, 5.41) is 10.6. The number of nitrogens with one attached hydrogen (secondary N) is 1. The van der Waals surface area contributed by atoms with Gasteiger partial charge in [0.05, 0.1) is 12.9 Å². The molecule has 0 aromatic carbocycles. The summed E-state index contributed by atoms with van der Waals surface area (Å²) in [5.74, 6) is -0.333. The van der Waals surface area contributed by atoms with E-state index in [-0.39, 0.29) is 111 Å². The minimum Gasteiger partial charge on any atom is -0.386 e. The van der Waals surface area contributed by atoms with Crippen LogP contribution in [0.1, 0.15) is 6.23 Å². The Morgan fingerprint density at radius 2 is 1.62 bits per heavy atom. The molecule has 9 N–H and O–H groups in total. The van der Waals surface area contributed by atoms with Gasteiger partial charge in [-0.15, -0.1) is 0 Å². The molecule has 185 valence electrons. The van der Waals surface area contributed by atoms with E-state index in [4.69, 9.17) is 30.0 Å². The van der Waals surface area contributed by atoms with Gasteiger partial charge >= 0.3 is 23.5 Å². The second-order valence-corrected chi connectivity index (χ2v) is 10.2. The minimum atomic E-state index is -5.54. The number of aliphatic hydroxyl groups is 1. The van der Waals surface area contributed by atoms with E-state index in [0.29, 0.717) is 0 Å². The van der Waals surface area contributed by atoms with Gasteiger partial charge in [0, 0.05) is 94.3 Å².